The second-order valence-corrected chi connectivity index (χ2v) is 20.8. The number of ether oxygens (including phenoxy) is 4. The molecular weight excluding hydrogens is 793 g/mol. The summed E-state index contributed by atoms with van der Waals surface area (Å²) in [5.74, 6) is 0.651. The Morgan fingerprint density at radius 1 is 0.820 bits per heavy atom. The zero-order chi connectivity index (χ0) is 43.1. The minimum Gasteiger partial charge on any atom is -0.497 e. The van der Waals surface area contributed by atoms with Crippen LogP contribution >= 0.6 is 0 Å². The molecule has 0 unspecified atom stereocenters. The van der Waals surface area contributed by atoms with Crippen molar-refractivity contribution in [1.29, 1.82) is 0 Å². The normalized spacial score (nSPS) is 19.7. The number of rotatable bonds is 14. The van der Waals surface area contributed by atoms with Gasteiger partial charge < -0.3 is 29.0 Å². The van der Waals surface area contributed by atoms with Crippen LogP contribution in [0.5, 0.6) is 17.2 Å². The first-order chi connectivity index (χ1) is 29.4. The second kappa shape index (κ2) is 16.6. The van der Waals surface area contributed by atoms with Gasteiger partial charge in [0.2, 0.25) is 0 Å². The standard InChI is InChI=1S/C46H50N6O8Si/c1-30-42(61(5,6)36-17-15-35(57-2)16-18-36)39(20-24-49-29-32(21-25-53)47-48-49)60-46(30)37-27-34(51-23-9-13-41(59-4)44(51)55)14-19-38(37)52(45(46)56)28-31-10-7-11-33(26-31)50-22-8-12-40(58-3)43(50)54/h7-19,22-23,26-27,29-30,39,42,53H,20-21,24-25,28H2,1-6H3/t30-,39+,42-,46+/m1/s1. The fraction of sp³-hybridized carbons (Fsp3) is 0.326. The first-order valence-corrected chi connectivity index (χ1v) is 23.4. The number of carbonyl (C=O) groups is 1. The lowest BCUT2D eigenvalue weighted by molar-refractivity contribution is -0.146. The molecule has 61 heavy (non-hydrogen) atoms. The van der Waals surface area contributed by atoms with Gasteiger partial charge in [-0.1, -0.05) is 54.7 Å². The molecule has 0 bridgehead atoms. The van der Waals surface area contributed by atoms with E-state index < -0.39 is 13.7 Å². The molecule has 1 amide bonds. The number of carbonyl (C=O) groups excluding carboxylic acids is 1. The summed E-state index contributed by atoms with van der Waals surface area (Å²) in [7, 11) is 2.08. The molecule has 316 valence electrons. The molecule has 3 aromatic carbocycles. The molecule has 3 aromatic heterocycles. The highest BCUT2D eigenvalue weighted by Gasteiger charge is 2.66. The number of hydrogen-bond acceptors (Lipinski definition) is 10. The van der Waals surface area contributed by atoms with E-state index in [4.69, 9.17) is 18.9 Å². The van der Waals surface area contributed by atoms with E-state index in [9.17, 15) is 14.7 Å². The maximum absolute atomic E-state index is 15.7. The number of hydrogen-bond donors (Lipinski definition) is 1. The number of anilines is 1. The van der Waals surface area contributed by atoms with Crippen LogP contribution in [0, 0.1) is 5.92 Å². The number of aryl methyl sites for hydroxylation is 1. The highest BCUT2D eigenvalue weighted by atomic mass is 28.3. The number of aromatic nitrogens is 5. The van der Waals surface area contributed by atoms with Crippen LogP contribution in [0.2, 0.25) is 18.6 Å². The van der Waals surface area contributed by atoms with Crippen molar-refractivity contribution >= 4 is 24.9 Å². The number of aliphatic hydroxyl groups is 1. The molecule has 4 atom stereocenters. The van der Waals surface area contributed by atoms with Gasteiger partial charge in [-0.05, 0) is 84.3 Å². The van der Waals surface area contributed by atoms with Crippen molar-refractivity contribution in [1.82, 2.24) is 24.1 Å². The van der Waals surface area contributed by atoms with Gasteiger partial charge in [0.15, 0.2) is 17.1 Å². The number of pyridine rings is 2. The van der Waals surface area contributed by atoms with Crippen molar-refractivity contribution in [2.24, 2.45) is 5.92 Å². The van der Waals surface area contributed by atoms with Crippen LogP contribution in [0.25, 0.3) is 11.4 Å². The molecule has 5 heterocycles. The van der Waals surface area contributed by atoms with E-state index in [1.165, 1.54) is 28.5 Å². The van der Waals surface area contributed by atoms with Crippen LogP contribution in [0.15, 0.2) is 119 Å². The minimum absolute atomic E-state index is 0.0279. The Balaban J connectivity index is 1.26. The van der Waals surface area contributed by atoms with E-state index in [1.807, 2.05) is 60.8 Å². The van der Waals surface area contributed by atoms with E-state index in [-0.39, 0.29) is 59.2 Å². The van der Waals surface area contributed by atoms with Gasteiger partial charge in [0, 0.05) is 61.0 Å². The first kappa shape index (κ1) is 41.4. The van der Waals surface area contributed by atoms with Gasteiger partial charge in [0.25, 0.3) is 17.0 Å². The molecule has 1 saturated heterocycles. The SMILES string of the molecule is COc1ccc([Si](C)(C)[C@H]2[C@H](CCn3cc(CCO)nn3)O[C@@]3(C(=O)N(Cc4cccc(-n5cccc(OC)c5=O)c4)c4ccc(-n5cccc(OC)c5=O)cc43)[C@@H]2C)cc1. The molecule has 2 aliphatic rings. The number of aliphatic hydroxyl groups excluding tert-OH is 1. The molecule has 0 radical (unpaired) electrons. The number of amides is 1. The highest BCUT2D eigenvalue weighted by Crippen LogP contribution is 2.60. The molecule has 1 N–H and O–H groups in total. The van der Waals surface area contributed by atoms with Crippen molar-refractivity contribution in [2.75, 3.05) is 32.8 Å². The number of nitrogens with zero attached hydrogens (tertiary/aromatic N) is 6. The Hall–Kier alpha value is -6.29. The van der Waals surface area contributed by atoms with Gasteiger partial charge in [0.05, 0.1) is 53.4 Å². The molecule has 0 aliphatic carbocycles. The Labute approximate surface area is 354 Å². The summed E-state index contributed by atoms with van der Waals surface area (Å²) in [6.07, 6.45) is 5.78. The van der Waals surface area contributed by atoms with Crippen molar-refractivity contribution in [2.45, 2.75) is 63.2 Å². The van der Waals surface area contributed by atoms with Crippen LogP contribution in [0.4, 0.5) is 5.69 Å². The molecule has 8 rings (SSSR count). The third kappa shape index (κ3) is 7.25. The predicted molar refractivity (Wildman–Crippen MR) is 233 cm³/mol. The zero-order valence-electron chi connectivity index (χ0n) is 35.1. The average molecular weight is 843 g/mol. The summed E-state index contributed by atoms with van der Waals surface area (Å²) in [4.78, 5) is 44.3. The maximum atomic E-state index is 15.7. The molecule has 1 spiro atoms. The fourth-order valence-electron chi connectivity index (χ4n) is 9.47. The van der Waals surface area contributed by atoms with E-state index in [1.54, 1.807) is 53.4 Å². The van der Waals surface area contributed by atoms with Gasteiger partial charge in [0.1, 0.15) is 5.75 Å². The van der Waals surface area contributed by atoms with Crippen molar-refractivity contribution < 1.29 is 28.8 Å². The van der Waals surface area contributed by atoms with Crippen LogP contribution in [0.1, 0.15) is 30.2 Å². The summed E-state index contributed by atoms with van der Waals surface area (Å²) in [5, 5.41) is 19.3. The van der Waals surface area contributed by atoms with Gasteiger partial charge in [-0.3, -0.25) is 28.2 Å². The Kier molecular flexibility index (Phi) is 11.3. The quantitative estimate of drug-likeness (QED) is 0.149. The largest absolute Gasteiger partial charge is 0.497 e. The summed E-state index contributed by atoms with van der Waals surface area (Å²) in [5.41, 5.74) is 1.92. The Morgan fingerprint density at radius 2 is 1.49 bits per heavy atom. The van der Waals surface area contributed by atoms with Crippen LogP contribution in [0.3, 0.4) is 0 Å². The average Bonchev–Trinajstić information content (AvgIpc) is 3.92. The molecule has 1 fully saturated rings. The lowest BCUT2D eigenvalue weighted by Gasteiger charge is -2.37. The monoisotopic (exact) mass is 842 g/mol. The lowest BCUT2D eigenvalue weighted by atomic mass is 9.82. The van der Waals surface area contributed by atoms with Crippen molar-refractivity contribution in [3.63, 3.8) is 0 Å². The molecule has 14 nitrogen and oxygen atoms in total. The van der Waals surface area contributed by atoms with E-state index in [2.05, 4.69) is 42.5 Å². The molecular formula is C46H50N6O8Si. The zero-order valence-corrected chi connectivity index (χ0v) is 36.1. The van der Waals surface area contributed by atoms with Crippen LogP contribution in [-0.4, -0.2) is 77.3 Å². The highest BCUT2D eigenvalue weighted by molar-refractivity contribution is 6.91. The topological polar surface area (TPSA) is 152 Å². The number of benzene rings is 3. The minimum atomic E-state index is -2.50. The van der Waals surface area contributed by atoms with E-state index in [0.29, 0.717) is 47.7 Å². The maximum Gasteiger partial charge on any atom is 0.297 e. The summed E-state index contributed by atoms with van der Waals surface area (Å²) >= 11 is 0. The Morgan fingerprint density at radius 3 is 2.13 bits per heavy atom. The molecule has 6 aromatic rings. The van der Waals surface area contributed by atoms with Crippen molar-refractivity contribution in [3.05, 3.63) is 147 Å². The van der Waals surface area contributed by atoms with Gasteiger partial charge in [-0.25, -0.2) is 0 Å². The van der Waals surface area contributed by atoms with Gasteiger partial charge >= 0.3 is 0 Å². The third-order valence-electron chi connectivity index (χ3n) is 12.5. The van der Waals surface area contributed by atoms with E-state index >= 15 is 4.79 Å². The smallest absolute Gasteiger partial charge is 0.297 e. The van der Waals surface area contributed by atoms with Gasteiger partial charge in [-0.15, -0.1) is 5.10 Å². The number of fused-ring (bicyclic) bond motifs is 2. The summed E-state index contributed by atoms with van der Waals surface area (Å²) in [6.45, 7) is 7.43. The molecule has 0 saturated carbocycles. The lowest BCUT2D eigenvalue weighted by Crippen LogP contribution is -2.51. The Bertz CT molecular complexity index is 2690. The van der Waals surface area contributed by atoms with E-state index in [0.717, 1.165) is 11.3 Å². The number of methoxy groups -OCH3 is 3. The van der Waals surface area contributed by atoms with Crippen LogP contribution in [-0.2, 0) is 34.6 Å². The van der Waals surface area contributed by atoms with Gasteiger partial charge in [-0.2, -0.15) is 0 Å². The summed E-state index contributed by atoms with van der Waals surface area (Å²) in [6, 6.07) is 28.2. The van der Waals surface area contributed by atoms with Crippen molar-refractivity contribution in [3.8, 4) is 28.6 Å². The first-order valence-electron chi connectivity index (χ1n) is 20.3. The second-order valence-electron chi connectivity index (χ2n) is 16.2. The van der Waals surface area contributed by atoms with Crippen LogP contribution < -0.4 is 35.4 Å². The summed E-state index contributed by atoms with van der Waals surface area (Å²) < 4.78 is 28.5. The predicted octanol–water partition coefficient (Wildman–Crippen LogP) is 4.99. The fourth-order valence-corrected chi connectivity index (χ4v) is 13.5. The molecule has 2 aliphatic heterocycles. The third-order valence-corrected chi connectivity index (χ3v) is 16.8. The molecule has 15 heteroatoms.